The first-order chi connectivity index (χ1) is 31.6. The minimum atomic E-state index is -0.270. The van der Waals surface area contributed by atoms with Crippen LogP contribution in [0.2, 0.25) is 0 Å². The molecule has 330 valence electrons. The number of anilines is 6. The maximum Gasteiger partial charge on any atom is 0.247 e. The minimum Gasteiger partial charge on any atom is -0.310 e. The summed E-state index contributed by atoms with van der Waals surface area (Å²) in [5.74, 6) is 1.51. The molecule has 3 nitrogen and oxygen atoms in total. The van der Waals surface area contributed by atoms with Crippen LogP contribution in [0.5, 0.6) is 0 Å². The van der Waals surface area contributed by atoms with Crippen molar-refractivity contribution in [2.75, 3.05) is 9.80 Å². The third kappa shape index (κ3) is 7.50. The van der Waals surface area contributed by atoms with Crippen molar-refractivity contribution in [3.63, 3.8) is 0 Å². The molecule has 4 heteroatoms. The van der Waals surface area contributed by atoms with Gasteiger partial charge in [0.25, 0.3) is 0 Å². The molecule has 0 bridgehead atoms. The second-order valence-electron chi connectivity index (χ2n) is 20.3. The van der Waals surface area contributed by atoms with Crippen LogP contribution in [0.4, 0.5) is 34.1 Å². The van der Waals surface area contributed by atoms with E-state index in [-0.39, 0.29) is 12.1 Å². The standard InChI is InChI=1S/C61H68BN3/c1-9-13-19-42-22-28-48(29-23-42)65-58-37-50(64(47-20-15-14-16-21-47)49-30-32-52-46(34-49)25-24-44-26-31-51(44)52)36-54-60(58)62(56-38-57(63-39-59(56)65)43(12-4)18-11-3)55-35-45(41(6)40(5)17-10-2)27-33-53(55)61(54,7)8/h14-16,20-25,27-30,32-41,43H,9-13,17-19,26,31H2,1-8H3. The Labute approximate surface area is 390 Å². The van der Waals surface area contributed by atoms with Crippen LogP contribution < -0.4 is 26.2 Å². The molecule has 10 rings (SSSR count). The van der Waals surface area contributed by atoms with Crippen LogP contribution in [0.1, 0.15) is 151 Å². The lowest BCUT2D eigenvalue weighted by atomic mass is 9.30. The number of hydrogen-bond donors (Lipinski definition) is 0. The Hall–Kier alpha value is -5.61. The predicted octanol–water partition coefficient (Wildman–Crippen LogP) is 14.9. The summed E-state index contributed by atoms with van der Waals surface area (Å²) >= 11 is 0. The van der Waals surface area contributed by atoms with E-state index in [1.54, 1.807) is 0 Å². The summed E-state index contributed by atoms with van der Waals surface area (Å²) in [7, 11) is 0. The lowest BCUT2D eigenvalue weighted by Gasteiger charge is -2.46. The van der Waals surface area contributed by atoms with E-state index in [0.29, 0.717) is 17.8 Å². The number of fused-ring (bicyclic) bond motifs is 7. The Morgan fingerprint density at radius 3 is 2.22 bits per heavy atom. The van der Waals surface area contributed by atoms with E-state index >= 15 is 0 Å². The predicted molar refractivity (Wildman–Crippen MR) is 281 cm³/mol. The third-order valence-corrected chi connectivity index (χ3v) is 16.0. The molecule has 3 atom stereocenters. The highest BCUT2D eigenvalue weighted by Gasteiger charge is 2.47. The van der Waals surface area contributed by atoms with Gasteiger partial charge in [-0.1, -0.05) is 153 Å². The van der Waals surface area contributed by atoms with E-state index in [1.807, 2.05) is 0 Å². The molecule has 0 spiro atoms. The van der Waals surface area contributed by atoms with Crippen LogP contribution in [-0.2, 0) is 24.7 Å². The summed E-state index contributed by atoms with van der Waals surface area (Å²) in [4.78, 5) is 10.5. The van der Waals surface area contributed by atoms with Gasteiger partial charge in [-0.05, 0) is 160 Å². The van der Waals surface area contributed by atoms with Crippen LogP contribution in [-0.4, -0.2) is 11.7 Å². The van der Waals surface area contributed by atoms with Crippen LogP contribution in [0.25, 0.3) is 10.8 Å². The summed E-state index contributed by atoms with van der Waals surface area (Å²) < 4.78 is 0. The van der Waals surface area contributed by atoms with Crippen molar-refractivity contribution in [1.29, 1.82) is 0 Å². The number of rotatable bonds is 15. The summed E-state index contributed by atoms with van der Waals surface area (Å²) in [5.41, 5.74) is 21.1. The lowest BCUT2D eigenvalue weighted by Crippen LogP contribution is -2.64. The van der Waals surface area contributed by atoms with Gasteiger partial charge in [-0.3, -0.25) is 4.98 Å². The zero-order valence-corrected chi connectivity index (χ0v) is 40.3. The SMILES string of the molecule is CCCCc1ccc(N2c3cnc(C(CC)CCC)cc3B3c4cc(C(C)C(C)CCC)ccc4C(C)(C)c4cc(N(c5ccccc5)c5ccc6c7c(ccc6c5)CC7)cc2c43)cc1. The number of pyridine rings is 1. The normalized spacial score (nSPS) is 15.6. The fourth-order valence-electron chi connectivity index (χ4n) is 11.9. The van der Waals surface area contributed by atoms with Crippen molar-refractivity contribution in [3.8, 4) is 0 Å². The fraction of sp³-hybridized carbons (Fsp3) is 0.361. The van der Waals surface area contributed by atoms with Gasteiger partial charge in [0, 0.05) is 45.5 Å². The molecule has 3 aliphatic rings. The number of nitrogens with zero attached hydrogens (tertiary/aromatic N) is 3. The Kier molecular flexibility index (Phi) is 11.8. The Morgan fingerprint density at radius 1 is 0.692 bits per heavy atom. The number of benzene rings is 6. The van der Waals surface area contributed by atoms with E-state index in [2.05, 4.69) is 193 Å². The first kappa shape index (κ1) is 43.3. The smallest absolute Gasteiger partial charge is 0.247 e. The second-order valence-corrected chi connectivity index (χ2v) is 20.3. The van der Waals surface area contributed by atoms with Gasteiger partial charge in [-0.15, -0.1) is 0 Å². The summed E-state index contributed by atoms with van der Waals surface area (Å²) in [6, 6.07) is 47.6. The first-order valence-electron chi connectivity index (χ1n) is 25.3. The maximum atomic E-state index is 5.42. The number of para-hydroxylation sites is 1. The zero-order valence-electron chi connectivity index (χ0n) is 40.3. The van der Waals surface area contributed by atoms with Crippen molar-refractivity contribution in [2.45, 2.75) is 137 Å². The van der Waals surface area contributed by atoms with Crippen molar-refractivity contribution in [1.82, 2.24) is 4.98 Å². The monoisotopic (exact) mass is 854 g/mol. The van der Waals surface area contributed by atoms with Crippen molar-refractivity contribution in [2.24, 2.45) is 5.92 Å². The quantitative estimate of drug-likeness (QED) is 0.0958. The molecule has 65 heavy (non-hydrogen) atoms. The maximum absolute atomic E-state index is 5.42. The number of unbranched alkanes of at least 4 members (excludes halogenated alkanes) is 1. The molecule has 1 aliphatic carbocycles. The van der Waals surface area contributed by atoms with E-state index < -0.39 is 0 Å². The fourth-order valence-corrected chi connectivity index (χ4v) is 11.9. The molecule has 6 aromatic carbocycles. The van der Waals surface area contributed by atoms with Crippen LogP contribution in [0.15, 0.2) is 128 Å². The average Bonchev–Trinajstić information content (AvgIpc) is 3.31. The molecule has 1 aromatic heterocycles. The molecule has 0 fully saturated rings. The van der Waals surface area contributed by atoms with Gasteiger partial charge in [-0.25, -0.2) is 0 Å². The van der Waals surface area contributed by atoms with Crippen LogP contribution >= 0.6 is 0 Å². The van der Waals surface area contributed by atoms with E-state index in [1.165, 1.54) is 133 Å². The molecule has 0 amide bonds. The molecule has 3 heterocycles. The summed E-state index contributed by atoms with van der Waals surface area (Å²) in [6.45, 7) is 19.2. The molecule has 0 N–H and O–H groups in total. The molecule has 0 radical (unpaired) electrons. The van der Waals surface area contributed by atoms with E-state index in [9.17, 15) is 0 Å². The van der Waals surface area contributed by atoms with Gasteiger partial charge >= 0.3 is 0 Å². The molecule has 0 saturated heterocycles. The number of aryl methyl sites for hydroxylation is 3. The molecular weight excluding hydrogens is 786 g/mol. The topological polar surface area (TPSA) is 19.4 Å². The third-order valence-electron chi connectivity index (χ3n) is 16.0. The Morgan fingerprint density at radius 2 is 1.49 bits per heavy atom. The summed E-state index contributed by atoms with van der Waals surface area (Å²) in [6.07, 6.45) is 13.9. The Balaban J connectivity index is 1.26. The highest BCUT2D eigenvalue weighted by Crippen LogP contribution is 2.48. The molecular formula is C61H68BN3. The largest absolute Gasteiger partial charge is 0.310 e. The summed E-state index contributed by atoms with van der Waals surface area (Å²) in [5, 5.41) is 2.70. The number of hydrogen-bond acceptors (Lipinski definition) is 3. The second kappa shape index (κ2) is 17.7. The number of aromatic nitrogens is 1. The van der Waals surface area contributed by atoms with E-state index in [4.69, 9.17) is 4.98 Å². The average molecular weight is 854 g/mol. The highest BCUT2D eigenvalue weighted by molar-refractivity contribution is 6.99. The van der Waals surface area contributed by atoms with Gasteiger partial charge in [0.15, 0.2) is 0 Å². The highest BCUT2D eigenvalue weighted by atomic mass is 15.2. The van der Waals surface area contributed by atoms with Gasteiger partial charge < -0.3 is 9.80 Å². The first-order valence-corrected chi connectivity index (χ1v) is 25.3. The van der Waals surface area contributed by atoms with Crippen molar-refractivity contribution in [3.05, 3.63) is 167 Å². The lowest BCUT2D eigenvalue weighted by molar-refractivity contribution is 0.448. The van der Waals surface area contributed by atoms with Gasteiger partial charge in [0.05, 0.1) is 11.9 Å². The molecule has 0 saturated carbocycles. The molecule has 7 aromatic rings. The molecule has 2 aliphatic heterocycles. The Bertz CT molecular complexity index is 2860. The van der Waals surface area contributed by atoms with Crippen molar-refractivity contribution >= 4 is 68.0 Å². The van der Waals surface area contributed by atoms with Crippen molar-refractivity contribution < 1.29 is 0 Å². The van der Waals surface area contributed by atoms with Crippen LogP contribution in [0.3, 0.4) is 0 Å². The molecule has 3 unspecified atom stereocenters. The zero-order chi connectivity index (χ0) is 45.0. The van der Waals surface area contributed by atoms with Crippen LogP contribution in [0, 0.1) is 5.92 Å². The van der Waals surface area contributed by atoms with Gasteiger partial charge in [0.1, 0.15) is 0 Å². The van der Waals surface area contributed by atoms with E-state index in [0.717, 1.165) is 31.4 Å². The minimum absolute atomic E-state index is 0.0747. The van der Waals surface area contributed by atoms with Gasteiger partial charge in [-0.2, -0.15) is 0 Å². The van der Waals surface area contributed by atoms with Gasteiger partial charge in [0.2, 0.25) is 6.71 Å².